The summed E-state index contributed by atoms with van der Waals surface area (Å²) in [6.45, 7) is 3.65. The second-order valence-electron chi connectivity index (χ2n) is 2.96. The zero-order valence-corrected chi connectivity index (χ0v) is 7.13. The minimum absolute atomic E-state index is 0.0316. The van der Waals surface area contributed by atoms with Crippen molar-refractivity contribution in [2.24, 2.45) is 5.92 Å². The molecule has 3 nitrogen and oxygen atoms in total. The van der Waals surface area contributed by atoms with Crippen LogP contribution in [0.4, 0.5) is 0 Å². The molecule has 0 aliphatic rings. The minimum Gasteiger partial charge on any atom is -0.328 e. The van der Waals surface area contributed by atoms with Gasteiger partial charge in [-0.2, -0.15) is 0 Å². The van der Waals surface area contributed by atoms with E-state index in [1.165, 1.54) is 12.3 Å². The Morgan fingerprint density at radius 3 is 2.50 bits per heavy atom. The molecule has 0 spiro atoms. The fourth-order valence-electron chi connectivity index (χ4n) is 0.897. The summed E-state index contributed by atoms with van der Waals surface area (Å²) < 4.78 is 0. The van der Waals surface area contributed by atoms with Crippen LogP contribution in [0.2, 0.25) is 0 Å². The summed E-state index contributed by atoms with van der Waals surface area (Å²) in [6, 6.07) is 2.90. The average Bonchev–Trinajstić information content (AvgIpc) is 2.04. The summed E-state index contributed by atoms with van der Waals surface area (Å²) in [6.07, 6.45) is 1.45. The molecule has 0 aliphatic heterocycles. The van der Waals surface area contributed by atoms with Gasteiger partial charge in [0.1, 0.15) is 0 Å². The molecule has 1 aromatic heterocycles. The number of rotatable bonds is 2. The molecule has 0 atom stereocenters. The van der Waals surface area contributed by atoms with Gasteiger partial charge in [-0.05, 0) is 6.07 Å². The molecule has 1 rings (SSSR count). The predicted octanol–water partition coefficient (Wildman–Crippen LogP) is 1.21. The Balaban J connectivity index is 2.98. The zero-order valence-electron chi connectivity index (χ0n) is 7.13. The van der Waals surface area contributed by atoms with Gasteiger partial charge < -0.3 is 4.98 Å². The number of ketones is 1. The van der Waals surface area contributed by atoms with Crippen LogP contribution in [0, 0.1) is 5.92 Å². The number of hydrogen-bond acceptors (Lipinski definition) is 2. The van der Waals surface area contributed by atoms with Crippen LogP contribution in [-0.2, 0) is 0 Å². The van der Waals surface area contributed by atoms with E-state index in [0.717, 1.165) is 0 Å². The second kappa shape index (κ2) is 3.34. The lowest BCUT2D eigenvalue weighted by molar-refractivity contribution is 0.0939. The van der Waals surface area contributed by atoms with Gasteiger partial charge in [-0.25, -0.2) is 0 Å². The maximum absolute atomic E-state index is 11.3. The summed E-state index contributed by atoms with van der Waals surface area (Å²) in [5.41, 5.74) is 0.375. The van der Waals surface area contributed by atoms with Crippen LogP contribution in [0.3, 0.4) is 0 Å². The summed E-state index contributed by atoms with van der Waals surface area (Å²) in [7, 11) is 0. The van der Waals surface area contributed by atoms with E-state index < -0.39 is 0 Å². The molecule has 64 valence electrons. The Bertz CT molecular complexity index is 318. The van der Waals surface area contributed by atoms with Gasteiger partial charge in [0.05, 0.1) is 0 Å². The molecule has 1 heterocycles. The van der Waals surface area contributed by atoms with Crippen LogP contribution in [-0.4, -0.2) is 10.8 Å². The highest BCUT2D eigenvalue weighted by Gasteiger charge is 2.09. The lowest BCUT2D eigenvalue weighted by atomic mass is 10.0. The molecular weight excluding hydrogens is 154 g/mol. The molecular formula is C9H11NO2. The number of Topliss-reactive ketones (excluding diaryl/α,β-unsaturated/α-hetero) is 1. The topological polar surface area (TPSA) is 49.9 Å². The number of pyridine rings is 1. The molecule has 0 amide bonds. The predicted molar refractivity (Wildman–Crippen MR) is 46.2 cm³/mol. The van der Waals surface area contributed by atoms with Crippen LogP contribution < -0.4 is 5.56 Å². The third kappa shape index (κ3) is 1.81. The molecule has 3 heteroatoms. The third-order valence-corrected chi connectivity index (χ3v) is 1.59. The first-order chi connectivity index (χ1) is 5.61. The summed E-state index contributed by atoms with van der Waals surface area (Å²) >= 11 is 0. The smallest absolute Gasteiger partial charge is 0.247 e. The Morgan fingerprint density at radius 2 is 2.08 bits per heavy atom. The van der Waals surface area contributed by atoms with E-state index in [1.54, 1.807) is 6.07 Å². The Hall–Kier alpha value is -1.38. The van der Waals surface area contributed by atoms with Gasteiger partial charge in [-0.3, -0.25) is 9.59 Å². The highest BCUT2D eigenvalue weighted by molar-refractivity contribution is 5.96. The molecule has 0 aromatic carbocycles. The van der Waals surface area contributed by atoms with Gasteiger partial charge in [-0.15, -0.1) is 0 Å². The number of carbonyl (C=O) groups excluding carboxylic acids is 1. The molecule has 0 aliphatic carbocycles. The number of nitrogens with one attached hydrogen (secondary N) is 1. The first-order valence-electron chi connectivity index (χ1n) is 3.84. The van der Waals surface area contributed by atoms with Crippen molar-refractivity contribution < 1.29 is 4.79 Å². The highest BCUT2D eigenvalue weighted by Crippen LogP contribution is 2.04. The number of aromatic amines is 1. The van der Waals surface area contributed by atoms with E-state index in [0.29, 0.717) is 5.56 Å². The lowest BCUT2D eigenvalue weighted by Gasteiger charge is -2.01. The fourth-order valence-corrected chi connectivity index (χ4v) is 0.897. The summed E-state index contributed by atoms with van der Waals surface area (Å²) in [5, 5.41) is 0. The molecule has 1 aromatic rings. The van der Waals surface area contributed by atoms with Crippen LogP contribution in [0.25, 0.3) is 0 Å². The van der Waals surface area contributed by atoms with E-state index >= 15 is 0 Å². The number of aromatic nitrogens is 1. The number of carbonyl (C=O) groups is 1. The first kappa shape index (κ1) is 8.71. The van der Waals surface area contributed by atoms with Gasteiger partial charge in [0.15, 0.2) is 5.78 Å². The number of hydrogen-bond donors (Lipinski definition) is 1. The largest absolute Gasteiger partial charge is 0.328 e. The van der Waals surface area contributed by atoms with Crippen LogP contribution >= 0.6 is 0 Å². The lowest BCUT2D eigenvalue weighted by Crippen LogP contribution is -2.11. The number of H-pyrrole nitrogens is 1. The van der Waals surface area contributed by atoms with Crippen molar-refractivity contribution in [3.05, 3.63) is 34.2 Å². The molecule has 1 N–H and O–H groups in total. The SMILES string of the molecule is CC(C)C(=O)c1ccc(=O)[nH]c1. The Kier molecular flexibility index (Phi) is 2.43. The first-order valence-corrected chi connectivity index (χ1v) is 3.84. The molecule has 0 fully saturated rings. The fraction of sp³-hybridized carbons (Fsp3) is 0.333. The maximum atomic E-state index is 11.3. The van der Waals surface area contributed by atoms with Crippen molar-refractivity contribution in [2.75, 3.05) is 0 Å². The normalized spacial score (nSPS) is 10.2. The molecule has 0 radical (unpaired) electrons. The molecule has 0 bridgehead atoms. The molecule has 0 unspecified atom stereocenters. The van der Waals surface area contributed by atoms with E-state index in [-0.39, 0.29) is 17.3 Å². The van der Waals surface area contributed by atoms with Crippen molar-refractivity contribution in [3.8, 4) is 0 Å². The van der Waals surface area contributed by atoms with Crippen LogP contribution in [0.15, 0.2) is 23.1 Å². The van der Waals surface area contributed by atoms with Crippen molar-refractivity contribution in [2.45, 2.75) is 13.8 Å². The Labute approximate surface area is 70.4 Å². The van der Waals surface area contributed by atoms with Gasteiger partial charge >= 0.3 is 0 Å². The minimum atomic E-state index is -0.185. The standard InChI is InChI=1S/C9H11NO2/c1-6(2)9(12)7-3-4-8(11)10-5-7/h3-6H,1-2H3,(H,10,11). The van der Waals surface area contributed by atoms with E-state index in [9.17, 15) is 9.59 Å². The molecule has 0 saturated carbocycles. The monoisotopic (exact) mass is 165 g/mol. The van der Waals surface area contributed by atoms with Gasteiger partial charge in [-0.1, -0.05) is 13.8 Å². The van der Waals surface area contributed by atoms with Crippen molar-refractivity contribution in [3.63, 3.8) is 0 Å². The summed E-state index contributed by atoms with van der Waals surface area (Å²) in [4.78, 5) is 24.4. The van der Waals surface area contributed by atoms with Crippen molar-refractivity contribution in [1.82, 2.24) is 4.98 Å². The quantitative estimate of drug-likeness (QED) is 0.670. The summed E-state index contributed by atoms with van der Waals surface area (Å²) in [5.74, 6) is 0.0159. The van der Waals surface area contributed by atoms with Crippen LogP contribution in [0.5, 0.6) is 0 Å². The molecule has 12 heavy (non-hydrogen) atoms. The van der Waals surface area contributed by atoms with Gasteiger partial charge in [0.2, 0.25) is 5.56 Å². The van der Waals surface area contributed by atoms with Gasteiger partial charge in [0.25, 0.3) is 0 Å². The Morgan fingerprint density at radius 1 is 1.42 bits per heavy atom. The van der Waals surface area contributed by atoms with E-state index in [2.05, 4.69) is 4.98 Å². The average molecular weight is 165 g/mol. The van der Waals surface area contributed by atoms with Crippen LogP contribution in [0.1, 0.15) is 24.2 Å². The highest BCUT2D eigenvalue weighted by atomic mass is 16.1. The van der Waals surface area contributed by atoms with E-state index in [4.69, 9.17) is 0 Å². The van der Waals surface area contributed by atoms with Crippen molar-refractivity contribution >= 4 is 5.78 Å². The van der Waals surface area contributed by atoms with Crippen molar-refractivity contribution in [1.29, 1.82) is 0 Å². The molecule has 0 saturated heterocycles. The zero-order chi connectivity index (χ0) is 9.14. The maximum Gasteiger partial charge on any atom is 0.247 e. The van der Waals surface area contributed by atoms with E-state index in [1.807, 2.05) is 13.8 Å². The van der Waals surface area contributed by atoms with Gasteiger partial charge in [0, 0.05) is 23.7 Å². The second-order valence-corrected chi connectivity index (χ2v) is 2.96. The third-order valence-electron chi connectivity index (χ3n) is 1.59.